The molecule has 0 spiro atoms. The van der Waals surface area contributed by atoms with Crippen LogP contribution in [0.25, 0.3) is 5.65 Å². The number of aromatic nitrogens is 2. The van der Waals surface area contributed by atoms with Crippen LogP contribution in [-0.4, -0.2) is 33.9 Å². The minimum Gasteiger partial charge on any atom is -0.348 e. The van der Waals surface area contributed by atoms with E-state index in [0.717, 1.165) is 25.0 Å². The standard InChI is InChI=1S/C14H18N4O.2ClH/c1-10-12(3-2-6-15-10)17-14(19)11-4-5-13-16-7-8-18(13)9-11;;/h4-5,7-10,12,15H,2-3,6H2,1H3,(H,17,19);2*1H. The van der Waals surface area contributed by atoms with E-state index in [2.05, 4.69) is 22.5 Å². The van der Waals surface area contributed by atoms with E-state index in [0.29, 0.717) is 11.6 Å². The van der Waals surface area contributed by atoms with Crippen LogP contribution in [0.5, 0.6) is 0 Å². The number of imidazole rings is 1. The molecule has 0 bridgehead atoms. The molecule has 1 saturated heterocycles. The summed E-state index contributed by atoms with van der Waals surface area (Å²) in [5.74, 6) is -0.0175. The molecule has 21 heavy (non-hydrogen) atoms. The van der Waals surface area contributed by atoms with Crippen molar-refractivity contribution in [3.8, 4) is 0 Å². The van der Waals surface area contributed by atoms with Crippen molar-refractivity contribution >= 4 is 36.4 Å². The third-order valence-electron chi connectivity index (χ3n) is 3.73. The number of nitrogens with one attached hydrogen (secondary N) is 2. The Balaban J connectivity index is 0.00000110. The number of carbonyl (C=O) groups excluding carboxylic acids is 1. The summed E-state index contributed by atoms with van der Waals surface area (Å²) in [5, 5.41) is 6.49. The smallest absolute Gasteiger partial charge is 0.253 e. The second-order valence-electron chi connectivity index (χ2n) is 5.08. The molecule has 5 nitrogen and oxygen atoms in total. The lowest BCUT2D eigenvalue weighted by molar-refractivity contribution is 0.0919. The summed E-state index contributed by atoms with van der Waals surface area (Å²) >= 11 is 0. The molecule has 0 saturated carbocycles. The Hall–Kier alpha value is -1.30. The Morgan fingerprint density at radius 2 is 2.24 bits per heavy atom. The summed E-state index contributed by atoms with van der Waals surface area (Å²) in [4.78, 5) is 16.4. The fraction of sp³-hybridized carbons (Fsp3) is 0.429. The highest BCUT2D eigenvalue weighted by Gasteiger charge is 2.22. The summed E-state index contributed by atoms with van der Waals surface area (Å²) in [7, 11) is 0. The fourth-order valence-electron chi connectivity index (χ4n) is 2.55. The average Bonchev–Trinajstić information content (AvgIpc) is 2.88. The van der Waals surface area contributed by atoms with Crippen LogP contribution in [-0.2, 0) is 0 Å². The van der Waals surface area contributed by atoms with Crippen molar-refractivity contribution in [3.63, 3.8) is 0 Å². The molecule has 1 fully saturated rings. The van der Waals surface area contributed by atoms with E-state index in [9.17, 15) is 4.79 Å². The molecule has 0 aromatic carbocycles. The number of hydrogen-bond donors (Lipinski definition) is 2. The van der Waals surface area contributed by atoms with Gasteiger partial charge in [0.1, 0.15) is 5.65 Å². The zero-order valence-electron chi connectivity index (χ0n) is 11.8. The molecule has 116 valence electrons. The molecule has 3 heterocycles. The Kier molecular flexibility index (Phi) is 6.45. The predicted molar refractivity (Wildman–Crippen MR) is 87.6 cm³/mol. The van der Waals surface area contributed by atoms with E-state index < -0.39 is 0 Å². The van der Waals surface area contributed by atoms with Crippen LogP contribution in [0, 0.1) is 0 Å². The van der Waals surface area contributed by atoms with Crippen molar-refractivity contribution in [2.24, 2.45) is 0 Å². The number of rotatable bonds is 2. The number of carbonyl (C=O) groups is 1. The SMILES string of the molecule is CC1NCCCC1NC(=O)c1ccc2nccn2c1.Cl.Cl. The van der Waals surface area contributed by atoms with Gasteiger partial charge in [-0.2, -0.15) is 0 Å². The number of hydrogen-bond acceptors (Lipinski definition) is 3. The van der Waals surface area contributed by atoms with E-state index in [1.54, 1.807) is 6.20 Å². The number of amides is 1. The highest BCUT2D eigenvalue weighted by molar-refractivity contribution is 5.94. The maximum absolute atomic E-state index is 12.3. The van der Waals surface area contributed by atoms with Gasteiger partial charge in [0, 0.05) is 30.7 Å². The first kappa shape index (κ1) is 17.8. The molecule has 1 aliphatic heterocycles. The lowest BCUT2D eigenvalue weighted by Crippen LogP contribution is -2.51. The van der Waals surface area contributed by atoms with Gasteiger partial charge in [0.25, 0.3) is 5.91 Å². The summed E-state index contributed by atoms with van der Waals surface area (Å²) in [5.41, 5.74) is 1.52. The van der Waals surface area contributed by atoms with Crippen LogP contribution in [0.3, 0.4) is 0 Å². The molecule has 0 aliphatic carbocycles. The molecule has 2 N–H and O–H groups in total. The monoisotopic (exact) mass is 330 g/mol. The maximum atomic E-state index is 12.3. The first-order chi connectivity index (χ1) is 9.24. The van der Waals surface area contributed by atoms with Gasteiger partial charge in [-0.25, -0.2) is 4.98 Å². The number of pyridine rings is 1. The Morgan fingerprint density at radius 3 is 3.00 bits per heavy atom. The molecular formula is C14H20Cl2N4O. The third-order valence-corrected chi connectivity index (χ3v) is 3.73. The molecule has 2 aromatic rings. The van der Waals surface area contributed by atoms with Gasteiger partial charge in [-0.1, -0.05) is 0 Å². The topological polar surface area (TPSA) is 58.4 Å². The molecule has 1 aliphatic rings. The van der Waals surface area contributed by atoms with E-state index in [1.807, 2.05) is 28.9 Å². The van der Waals surface area contributed by atoms with Gasteiger partial charge >= 0.3 is 0 Å². The zero-order valence-corrected chi connectivity index (χ0v) is 13.4. The molecular weight excluding hydrogens is 311 g/mol. The van der Waals surface area contributed by atoms with Gasteiger partial charge in [0.15, 0.2) is 0 Å². The molecule has 2 atom stereocenters. The predicted octanol–water partition coefficient (Wildman–Crippen LogP) is 2.05. The first-order valence-electron chi connectivity index (χ1n) is 6.71. The largest absolute Gasteiger partial charge is 0.348 e. The van der Waals surface area contributed by atoms with E-state index in [1.165, 1.54) is 0 Å². The van der Waals surface area contributed by atoms with Gasteiger partial charge < -0.3 is 15.0 Å². The number of piperidine rings is 1. The van der Waals surface area contributed by atoms with Crippen molar-refractivity contribution in [2.75, 3.05) is 6.54 Å². The molecule has 7 heteroatoms. The minimum absolute atomic E-state index is 0. The van der Waals surface area contributed by atoms with Gasteiger partial charge in [-0.15, -0.1) is 24.8 Å². The van der Waals surface area contributed by atoms with E-state index >= 15 is 0 Å². The number of fused-ring (bicyclic) bond motifs is 1. The normalized spacial score (nSPS) is 21.2. The van der Waals surface area contributed by atoms with Gasteiger partial charge in [0.05, 0.1) is 5.56 Å². The molecule has 1 amide bonds. The summed E-state index contributed by atoms with van der Waals surface area (Å²) in [6, 6.07) is 4.21. The van der Waals surface area contributed by atoms with Crippen LogP contribution in [0.15, 0.2) is 30.7 Å². The van der Waals surface area contributed by atoms with Gasteiger partial charge in [-0.3, -0.25) is 4.79 Å². The van der Waals surface area contributed by atoms with Gasteiger partial charge in [-0.05, 0) is 38.4 Å². The van der Waals surface area contributed by atoms with Crippen LogP contribution in [0.2, 0.25) is 0 Å². The quantitative estimate of drug-likeness (QED) is 0.885. The Labute approximate surface area is 136 Å². The Bertz CT molecular complexity index is 601. The van der Waals surface area contributed by atoms with Gasteiger partial charge in [0.2, 0.25) is 0 Å². The lowest BCUT2D eigenvalue weighted by atomic mass is 9.99. The molecule has 2 unspecified atom stereocenters. The van der Waals surface area contributed by atoms with Crippen molar-refractivity contribution in [2.45, 2.75) is 31.8 Å². The number of nitrogens with zero attached hydrogens (tertiary/aromatic N) is 2. The minimum atomic E-state index is -0.0175. The average molecular weight is 331 g/mol. The fourth-order valence-corrected chi connectivity index (χ4v) is 2.55. The summed E-state index contributed by atoms with van der Waals surface area (Å²) in [6.45, 7) is 3.15. The highest BCUT2D eigenvalue weighted by atomic mass is 35.5. The third kappa shape index (κ3) is 3.87. The van der Waals surface area contributed by atoms with Crippen LogP contribution >= 0.6 is 24.8 Å². The second kappa shape index (κ2) is 7.64. The molecule has 0 radical (unpaired) electrons. The highest BCUT2D eigenvalue weighted by Crippen LogP contribution is 2.10. The van der Waals surface area contributed by atoms with Crippen LogP contribution < -0.4 is 10.6 Å². The maximum Gasteiger partial charge on any atom is 0.253 e. The first-order valence-corrected chi connectivity index (χ1v) is 6.71. The van der Waals surface area contributed by atoms with Crippen molar-refractivity contribution in [3.05, 3.63) is 36.3 Å². The molecule has 3 rings (SSSR count). The van der Waals surface area contributed by atoms with Crippen molar-refractivity contribution < 1.29 is 4.79 Å². The van der Waals surface area contributed by atoms with Crippen molar-refractivity contribution in [1.82, 2.24) is 20.0 Å². The second-order valence-corrected chi connectivity index (χ2v) is 5.08. The molecule has 2 aromatic heterocycles. The summed E-state index contributed by atoms with van der Waals surface area (Å²) in [6.07, 6.45) is 7.53. The van der Waals surface area contributed by atoms with E-state index in [4.69, 9.17) is 0 Å². The van der Waals surface area contributed by atoms with Crippen molar-refractivity contribution in [1.29, 1.82) is 0 Å². The lowest BCUT2D eigenvalue weighted by Gasteiger charge is -2.30. The van der Waals surface area contributed by atoms with E-state index in [-0.39, 0.29) is 36.8 Å². The Morgan fingerprint density at radius 1 is 1.43 bits per heavy atom. The zero-order chi connectivity index (χ0) is 13.2. The summed E-state index contributed by atoms with van der Waals surface area (Å²) < 4.78 is 1.86. The number of halogens is 2. The van der Waals surface area contributed by atoms with Crippen LogP contribution in [0.4, 0.5) is 0 Å². The van der Waals surface area contributed by atoms with Crippen LogP contribution in [0.1, 0.15) is 30.1 Å².